The zero-order chi connectivity index (χ0) is 14.8. The van der Waals surface area contributed by atoms with Gasteiger partial charge in [0.25, 0.3) is 0 Å². The molecule has 0 aromatic heterocycles. The molecule has 1 fully saturated rings. The van der Waals surface area contributed by atoms with Crippen LogP contribution in [0.5, 0.6) is 0 Å². The van der Waals surface area contributed by atoms with Gasteiger partial charge in [0.05, 0.1) is 12.0 Å². The van der Waals surface area contributed by atoms with E-state index in [1.54, 1.807) is 12.1 Å². The molecule has 0 spiro atoms. The van der Waals surface area contributed by atoms with Gasteiger partial charge < -0.3 is 4.74 Å². The highest BCUT2D eigenvalue weighted by Crippen LogP contribution is 2.27. The Morgan fingerprint density at radius 3 is 2.80 bits per heavy atom. The Morgan fingerprint density at radius 1 is 1.40 bits per heavy atom. The number of carbonyl (C=O) groups is 1. The van der Waals surface area contributed by atoms with Crippen LogP contribution in [0.1, 0.15) is 19.3 Å². The summed E-state index contributed by atoms with van der Waals surface area (Å²) in [5, 5.41) is 0.345. The molecule has 1 aromatic rings. The van der Waals surface area contributed by atoms with Crippen LogP contribution in [0.15, 0.2) is 29.2 Å². The summed E-state index contributed by atoms with van der Waals surface area (Å²) in [6.07, 6.45) is 2.01. The average molecular weight is 318 g/mol. The summed E-state index contributed by atoms with van der Waals surface area (Å²) in [4.78, 5) is 11.9. The van der Waals surface area contributed by atoms with Gasteiger partial charge in [0.1, 0.15) is 6.04 Å². The van der Waals surface area contributed by atoms with Crippen molar-refractivity contribution >= 4 is 27.6 Å². The van der Waals surface area contributed by atoms with Crippen LogP contribution in [-0.2, 0) is 19.6 Å². The van der Waals surface area contributed by atoms with E-state index in [1.165, 1.54) is 23.5 Å². The van der Waals surface area contributed by atoms with E-state index in [4.69, 9.17) is 16.3 Å². The highest BCUT2D eigenvalue weighted by molar-refractivity contribution is 7.89. The van der Waals surface area contributed by atoms with Crippen molar-refractivity contribution in [2.75, 3.05) is 13.7 Å². The van der Waals surface area contributed by atoms with Crippen molar-refractivity contribution in [3.8, 4) is 0 Å². The van der Waals surface area contributed by atoms with Gasteiger partial charge in [-0.05, 0) is 37.5 Å². The fourth-order valence-electron chi connectivity index (χ4n) is 2.33. The third kappa shape index (κ3) is 2.97. The first kappa shape index (κ1) is 15.3. The summed E-state index contributed by atoms with van der Waals surface area (Å²) >= 11 is 5.84. The number of ether oxygens (including phenoxy) is 1. The van der Waals surface area contributed by atoms with Gasteiger partial charge in [-0.1, -0.05) is 17.7 Å². The van der Waals surface area contributed by atoms with Gasteiger partial charge in [-0.15, -0.1) is 0 Å². The number of piperidine rings is 1. The Morgan fingerprint density at radius 2 is 2.15 bits per heavy atom. The molecule has 1 heterocycles. The van der Waals surface area contributed by atoms with E-state index < -0.39 is 22.0 Å². The lowest BCUT2D eigenvalue weighted by atomic mass is 10.1. The van der Waals surface area contributed by atoms with Gasteiger partial charge in [-0.2, -0.15) is 4.31 Å². The molecule has 1 aliphatic heterocycles. The van der Waals surface area contributed by atoms with Gasteiger partial charge in [-0.3, -0.25) is 4.79 Å². The second-order valence-electron chi connectivity index (χ2n) is 4.61. The zero-order valence-corrected chi connectivity index (χ0v) is 12.7. The molecule has 0 saturated carbocycles. The first-order valence-corrected chi connectivity index (χ1v) is 8.14. The normalized spacial score (nSPS) is 20.6. The van der Waals surface area contributed by atoms with Gasteiger partial charge in [0.15, 0.2) is 0 Å². The number of benzene rings is 1. The predicted octanol–water partition coefficient (Wildman–Crippen LogP) is 2.06. The van der Waals surface area contributed by atoms with Crippen LogP contribution in [0.3, 0.4) is 0 Å². The minimum absolute atomic E-state index is 0.0980. The lowest BCUT2D eigenvalue weighted by molar-refractivity contribution is -0.146. The Bertz CT molecular complexity index is 602. The second-order valence-corrected chi connectivity index (χ2v) is 6.93. The summed E-state index contributed by atoms with van der Waals surface area (Å²) in [6.45, 7) is 0.314. The smallest absolute Gasteiger partial charge is 0.324 e. The van der Waals surface area contributed by atoms with Crippen molar-refractivity contribution in [3.63, 3.8) is 0 Å². The molecular weight excluding hydrogens is 302 g/mol. The largest absolute Gasteiger partial charge is 0.468 e. The van der Waals surface area contributed by atoms with Crippen LogP contribution in [0.4, 0.5) is 0 Å². The zero-order valence-electron chi connectivity index (χ0n) is 11.1. The molecule has 0 bridgehead atoms. The number of halogens is 1. The van der Waals surface area contributed by atoms with E-state index in [0.29, 0.717) is 18.0 Å². The monoisotopic (exact) mass is 317 g/mol. The fourth-order valence-corrected chi connectivity index (χ4v) is 4.28. The highest BCUT2D eigenvalue weighted by atomic mass is 35.5. The van der Waals surface area contributed by atoms with Crippen LogP contribution < -0.4 is 0 Å². The number of nitrogens with zero attached hydrogens (tertiary/aromatic N) is 1. The van der Waals surface area contributed by atoms with Gasteiger partial charge in [0.2, 0.25) is 10.0 Å². The van der Waals surface area contributed by atoms with Crippen LogP contribution in [0, 0.1) is 0 Å². The van der Waals surface area contributed by atoms with E-state index in [0.717, 1.165) is 12.8 Å². The summed E-state index contributed by atoms with van der Waals surface area (Å²) in [5.74, 6) is -0.518. The second kappa shape index (κ2) is 6.11. The molecule has 0 N–H and O–H groups in total. The number of esters is 1. The molecule has 0 aliphatic carbocycles. The van der Waals surface area contributed by atoms with E-state index >= 15 is 0 Å². The Labute approximate surface area is 123 Å². The third-order valence-corrected chi connectivity index (χ3v) is 5.47. The number of methoxy groups -OCH3 is 1. The Kier molecular flexibility index (Phi) is 4.67. The summed E-state index contributed by atoms with van der Waals surface area (Å²) in [7, 11) is -2.48. The number of hydrogen-bond donors (Lipinski definition) is 0. The molecule has 2 rings (SSSR count). The first-order valence-electron chi connectivity index (χ1n) is 6.32. The molecule has 0 unspecified atom stereocenters. The van der Waals surface area contributed by atoms with Gasteiger partial charge in [-0.25, -0.2) is 8.42 Å². The molecular formula is C13H16ClNO4S. The van der Waals surface area contributed by atoms with E-state index in [9.17, 15) is 13.2 Å². The van der Waals surface area contributed by atoms with E-state index in [2.05, 4.69) is 0 Å². The minimum Gasteiger partial charge on any atom is -0.468 e. The number of carbonyl (C=O) groups excluding carboxylic acids is 1. The molecule has 1 atom stereocenters. The third-order valence-electron chi connectivity index (χ3n) is 3.33. The summed E-state index contributed by atoms with van der Waals surface area (Å²) < 4.78 is 31.2. The predicted molar refractivity (Wildman–Crippen MR) is 75.0 cm³/mol. The highest BCUT2D eigenvalue weighted by Gasteiger charge is 2.38. The van der Waals surface area contributed by atoms with Crippen molar-refractivity contribution in [2.24, 2.45) is 0 Å². The van der Waals surface area contributed by atoms with Crippen LogP contribution >= 0.6 is 11.6 Å². The maximum Gasteiger partial charge on any atom is 0.324 e. The molecule has 1 saturated heterocycles. The van der Waals surface area contributed by atoms with Crippen molar-refractivity contribution in [1.29, 1.82) is 0 Å². The van der Waals surface area contributed by atoms with Crippen molar-refractivity contribution in [2.45, 2.75) is 30.2 Å². The van der Waals surface area contributed by atoms with Gasteiger partial charge >= 0.3 is 5.97 Å². The topological polar surface area (TPSA) is 63.7 Å². The van der Waals surface area contributed by atoms with Crippen molar-refractivity contribution in [3.05, 3.63) is 29.3 Å². The van der Waals surface area contributed by atoms with Crippen LogP contribution in [-0.4, -0.2) is 38.4 Å². The molecule has 7 heteroatoms. The molecule has 110 valence electrons. The standard InChI is InChI=1S/C13H16ClNO4S/c1-19-13(16)12-7-2-3-8-15(12)20(17,18)11-6-4-5-10(14)9-11/h4-6,9,12H,2-3,7-8H2,1H3/t12-/m1/s1. The maximum absolute atomic E-state index is 12.6. The minimum atomic E-state index is -3.74. The van der Waals surface area contributed by atoms with Crippen LogP contribution in [0.25, 0.3) is 0 Å². The molecule has 20 heavy (non-hydrogen) atoms. The lowest BCUT2D eigenvalue weighted by Crippen LogP contribution is -2.48. The van der Waals surface area contributed by atoms with Crippen molar-refractivity contribution in [1.82, 2.24) is 4.31 Å². The number of sulfonamides is 1. The molecule has 1 aromatic carbocycles. The van der Waals surface area contributed by atoms with Crippen molar-refractivity contribution < 1.29 is 17.9 Å². The fraction of sp³-hybridized carbons (Fsp3) is 0.462. The molecule has 0 amide bonds. The van der Waals surface area contributed by atoms with Crippen LogP contribution in [0.2, 0.25) is 5.02 Å². The van der Waals surface area contributed by atoms with E-state index in [1.807, 2.05) is 0 Å². The van der Waals surface area contributed by atoms with E-state index in [-0.39, 0.29) is 4.90 Å². The Hall–Kier alpha value is -1.11. The lowest BCUT2D eigenvalue weighted by Gasteiger charge is -2.32. The summed E-state index contributed by atoms with van der Waals surface area (Å²) in [5.41, 5.74) is 0. The SMILES string of the molecule is COC(=O)[C@H]1CCCCN1S(=O)(=O)c1cccc(Cl)c1. The van der Waals surface area contributed by atoms with Gasteiger partial charge in [0, 0.05) is 11.6 Å². The first-order chi connectivity index (χ1) is 9.46. The molecule has 1 aliphatic rings. The molecule has 5 nitrogen and oxygen atoms in total. The quantitative estimate of drug-likeness (QED) is 0.800. The number of rotatable bonds is 3. The number of hydrogen-bond acceptors (Lipinski definition) is 4. The summed E-state index contributed by atoms with van der Waals surface area (Å²) in [6, 6.07) is 5.29. The maximum atomic E-state index is 12.6. The average Bonchev–Trinajstić information content (AvgIpc) is 2.46. The molecule has 0 radical (unpaired) electrons. The Balaban J connectivity index is 2.38.